The van der Waals surface area contributed by atoms with E-state index in [1.165, 1.54) is 17.0 Å². The summed E-state index contributed by atoms with van der Waals surface area (Å²) in [5, 5.41) is 8.36. The van der Waals surface area contributed by atoms with E-state index in [9.17, 15) is 9.59 Å². The molecule has 0 aliphatic carbocycles. The zero-order chi connectivity index (χ0) is 11.4. The molecule has 0 radical (unpaired) electrons. The highest BCUT2D eigenvalue weighted by Crippen LogP contribution is 2.05. The summed E-state index contributed by atoms with van der Waals surface area (Å²) in [6, 6.07) is 0. The molecule has 0 spiro atoms. The molecule has 0 unspecified atom stereocenters. The molecule has 0 saturated carbocycles. The summed E-state index contributed by atoms with van der Waals surface area (Å²) in [6.07, 6.45) is 3.75. The molecule has 1 aromatic heterocycles. The minimum Gasteiger partial charge on any atom is -0.478 e. The third-order valence-corrected chi connectivity index (χ3v) is 2.63. The van der Waals surface area contributed by atoms with Crippen LogP contribution in [0.25, 0.3) is 0 Å². The molecule has 0 aromatic carbocycles. The van der Waals surface area contributed by atoms with Crippen molar-refractivity contribution in [1.82, 2.24) is 9.55 Å². The second-order valence-electron chi connectivity index (χ2n) is 2.84. The first-order valence-electron chi connectivity index (χ1n) is 4.13. The number of nitrogens with zero attached hydrogens (tertiary/aromatic N) is 2. The number of carboxylic acid groups (broad SMARTS) is 1. The summed E-state index contributed by atoms with van der Waals surface area (Å²) in [4.78, 5) is 25.7. The Morgan fingerprint density at radius 1 is 1.73 bits per heavy atom. The quantitative estimate of drug-likeness (QED) is 0.832. The molecule has 80 valence electrons. The highest BCUT2D eigenvalue weighted by atomic mass is 79.9. The highest BCUT2D eigenvalue weighted by molar-refractivity contribution is 9.10. The molecular formula is C9H9BrN2O3. The zero-order valence-corrected chi connectivity index (χ0v) is 9.56. The molecule has 0 bridgehead atoms. The Morgan fingerprint density at radius 2 is 2.40 bits per heavy atom. The number of carbonyl (C=O) groups is 1. The van der Waals surface area contributed by atoms with E-state index < -0.39 is 5.97 Å². The van der Waals surface area contributed by atoms with Gasteiger partial charge in [0, 0.05) is 12.6 Å². The van der Waals surface area contributed by atoms with E-state index in [-0.39, 0.29) is 12.1 Å². The topological polar surface area (TPSA) is 72.2 Å². The average Bonchev–Trinajstić information content (AvgIpc) is 2.18. The number of hydrogen-bond donors (Lipinski definition) is 1. The van der Waals surface area contributed by atoms with Gasteiger partial charge in [-0.15, -0.1) is 0 Å². The molecule has 0 atom stereocenters. The van der Waals surface area contributed by atoms with Crippen LogP contribution in [-0.4, -0.2) is 20.6 Å². The predicted molar refractivity (Wildman–Crippen MR) is 57.7 cm³/mol. The molecular weight excluding hydrogens is 264 g/mol. The highest BCUT2D eigenvalue weighted by Gasteiger charge is 2.03. The number of allylic oxidation sites excluding steroid dienone is 1. The van der Waals surface area contributed by atoms with Crippen molar-refractivity contribution in [3.05, 3.63) is 39.0 Å². The van der Waals surface area contributed by atoms with Crippen molar-refractivity contribution in [3.63, 3.8) is 0 Å². The maximum absolute atomic E-state index is 11.6. The number of aryl methyl sites for hydroxylation is 1. The van der Waals surface area contributed by atoms with E-state index in [2.05, 4.69) is 20.9 Å². The van der Waals surface area contributed by atoms with Gasteiger partial charge >= 0.3 is 5.97 Å². The van der Waals surface area contributed by atoms with Crippen molar-refractivity contribution < 1.29 is 9.90 Å². The first kappa shape index (κ1) is 11.6. The smallest absolute Gasteiger partial charge is 0.328 e. The minimum atomic E-state index is -1.04. The Morgan fingerprint density at radius 3 is 3.00 bits per heavy atom. The van der Waals surface area contributed by atoms with Crippen LogP contribution in [0.1, 0.15) is 5.69 Å². The van der Waals surface area contributed by atoms with E-state index >= 15 is 0 Å². The second kappa shape index (κ2) is 4.88. The molecule has 0 saturated heterocycles. The largest absolute Gasteiger partial charge is 0.478 e. The van der Waals surface area contributed by atoms with Crippen molar-refractivity contribution >= 4 is 21.9 Å². The summed E-state index contributed by atoms with van der Waals surface area (Å²) in [5.41, 5.74) is 0.385. The maximum atomic E-state index is 11.6. The van der Waals surface area contributed by atoms with Crippen LogP contribution in [0.2, 0.25) is 0 Å². The number of carboxylic acids is 1. The van der Waals surface area contributed by atoms with Crippen LogP contribution >= 0.6 is 15.9 Å². The Kier molecular flexibility index (Phi) is 3.79. The van der Waals surface area contributed by atoms with Crippen LogP contribution in [-0.2, 0) is 11.3 Å². The summed E-state index contributed by atoms with van der Waals surface area (Å²) < 4.78 is 1.71. The number of aliphatic carboxylic acids is 1. The molecule has 5 nitrogen and oxygen atoms in total. The van der Waals surface area contributed by atoms with Gasteiger partial charge in [0.15, 0.2) is 0 Å². The summed E-state index contributed by atoms with van der Waals surface area (Å²) in [7, 11) is 0. The number of rotatable bonds is 3. The van der Waals surface area contributed by atoms with Crippen molar-refractivity contribution in [2.45, 2.75) is 13.5 Å². The van der Waals surface area contributed by atoms with Crippen molar-refractivity contribution in [1.29, 1.82) is 0 Å². The van der Waals surface area contributed by atoms with Gasteiger partial charge in [0.1, 0.15) is 4.47 Å². The average molecular weight is 273 g/mol. The number of hydrogen-bond acceptors (Lipinski definition) is 3. The van der Waals surface area contributed by atoms with Crippen LogP contribution in [0.15, 0.2) is 27.7 Å². The van der Waals surface area contributed by atoms with E-state index in [1.807, 2.05) is 0 Å². The van der Waals surface area contributed by atoms with Crippen LogP contribution in [0.3, 0.4) is 0 Å². The van der Waals surface area contributed by atoms with Crippen LogP contribution in [0.4, 0.5) is 0 Å². The summed E-state index contributed by atoms with van der Waals surface area (Å²) in [6.45, 7) is 1.90. The molecule has 0 amide bonds. The van der Waals surface area contributed by atoms with Gasteiger partial charge in [-0.05, 0) is 22.9 Å². The molecule has 1 N–H and O–H groups in total. The zero-order valence-electron chi connectivity index (χ0n) is 7.98. The fourth-order valence-electron chi connectivity index (χ4n) is 0.943. The van der Waals surface area contributed by atoms with Crippen molar-refractivity contribution in [2.75, 3.05) is 0 Å². The number of aromatic nitrogens is 2. The number of halogens is 1. The SMILES string of the molecule is Cc1ncn(CC=CC(=O)O)c(=O)c1Br. The van der Waals surface area contributed by atoms with Gasteiger partial charge in [0.2, 0.25) is 0 Å². The normalized spacial score (nSPS) is 10.8. The minimum absolute atomic E-state index is 0.191. The molecule has 0 aliphatic heterocycles. The Bertz CT molecular complexity index is 465. The predicted octanol–water partition coefficient (Wildman–Crippen LogP) is 0.955. The summed E-state index contributed by atoms with van der Waals surface area (Å²) >= 11 is 3.11. The third kappa shape index (κ3) is 3.02. The lowest BCUT2D eigenvalue weighted by Gasteiger charge is -2.02. The van der Waals surface area contributed by atoms with Gasteiger partial charge in [0.25, 0.3) is 5.56 Å². The lowest BCUT2D eigenvalue weighted by molar-refractivity contribution is -0.131. The molecule has 15 heavy (non-hydrogen) atoms. The molecule has 1 rings (SSSR count). The van der Waals surface area contributed by atoms with Crippen LogP contribution < -0.4 is 5.56 Å². The monoisotopic (exact) mass is 272 g/mol. The molecule has 1 heterocycles. The van der Waals surface area contributed by atoms with Gasteiger partial charge in [-0.2, -0.15) is 0 Å². The third-order valence-electron chi connectivity index (χ3n) is 1.72. The molecule has 1 aromatic rings. The standard InChI is InChI=1S/C9H9BrN2O3/c1-6-8(10)9(15)12(5-11-6)4-2-3-7(13)14/h2-3,5H,4H2,1H3,(H,13,14). The van der Waals surface area contributed by atoms with Crippen LogP contribution in [0.5, 0.6) is 0 Å². The van der Waals surface area contributed by atoms with E-state index in [0.717, 1.165) is 6.08 Å². The fourth-order valence-corrected chi connectivity index (χ4v) is 1.27. The van der Waals surface area contributed by atoms with Crippen molar-refractivity contribution in [2.24, 2.45) is 0 Å². The van der Waals surface area contributed by atoms with Gasteiger partial charge in [-0.25, -0.2) is 9.78 Å². The van der Waals surface area contributed by atoms with Gasteiger partial charge < -0.3 is 5.11 Å². The lowest BCUT2D eigenvalue weighted by Crippen LogP contribution is -2.21. The molecule has 6 heteroatoms. The first-order valence-corrected chi connectivity index (χ1v) is 4.92. The Hall–Kier alpha value is -1.43. The maximum Gasteiger partial charge on any atom is 0.328 e. The second-order valence-corrected chi connectivity index (χ2v) is 3.64. The lowest BCUT2D eigenvalue weighted by atomic mass is 10.4. The summed E-state index contributed by atoms with van der Waals surface area (Å²) in [5.74, 6) is -1.04. The van der Waals surface area contributed by atoms with Gasteiger partial charge in [-0.1, -0.05) is 6.08 Å². The van der Waals surface area contributed by atoms with Gasteiger partial charge in [0.05, 0.1) is 12.0 Å². The first-order chi connectivity index (χ1) is 7.02. The van der Waals surface area contributed by atoms with E-state index in [4.69, 9.17) is 5.11 Å². The molecule has 0 fully saturated rings. The Labute approximate surface area is 94.2 Å². The van der Waals surface area contributed by atoms with E-state index in [0.29, 0.717) is 10.2 Å². The fraction of sp³-hybridized carbons (Fsp3) is 0.222. The van der Waals surface area contributed by atoms with Gasteiger partial charge in [-0.3, -0.25) is 9.36 Å². The Balaban J connectivity index is 2.93. The van der Waals surface area contributed by atoms with Crippen molar-refractivity contribution in [3.8, 4) is 0 Å². The molecule has 0 aliphatic rings. The van der Waals surface area contributed by atoms with E-state index in [1.54, 1.807) is 6.92 Å². The van der Waals surface area contributed by atoms with Crippen LogP contribution in [0, 0.1) is 6.92 Å².